The topological polar surface area (TPSA) is 124 Å². The first kappa shape index (κ1) is 35.7. The molecule has 2 aliphatic carbocycles. The number of rotatable bonds is 6. The van der Waals surface area contributed by atoms with Gasteiger partial charge in [0, 0.05) is 40.5 Å². The van der Waals surface area contributed by atoms with Gasteiger partial charge in [-0.05, 0) is 79.6 Å². The molecule has 1 N–H and O–H groups in total. The summed E-state index contributed by atoms with van der Waals surface area (Å²) in [6.45, 7) is 25.2. The van der Waals surface area contributed by atoms with Crippen molar-refractivity contribution in [2.24, 2.45) is 39.4 Å². The number of hydrogen-bond donors (Lipinski definition) is 1. The van der Waals surface area contributed by atoms with Crippen molar-refractivity contribution in [1.29, 1.82) is 0 Å². The summed E-state index contributed by atoms with van der Waals surface area (Å²) in [6.07, 6.45) is 0.554. The molecule has 0 unspecified atom stereocenters. The summed E-state index contributed by atoms with van der Waals surface area (Å²) >= 11 is 0. The van der Waals surface area contributed by atoms with Crippen molar-refractivity contribution in [2.75, 3.05) is 0 Å². The number of phenols is 1. The maximum absolute atomic E-state index is 14.4. The first-order valence-corrected chi connectivity index (χ1v) is 17.3. The number of phenolic OH excluding ortho intramolecular Hbond substituents is 1. The highest BCUT2D eigenvalue weighted by Gasteiger charge is 2.61. The molecule has 2 aliphatic heterocycles. The smallest absolute Gasteiger partial charge is 0.175 e. The molecule has 0 saturated carbocycles. The fraction of sp³-hybridized carbons (Fsp3) is 0.625. The number of ketones is 5. The number of aromatic hydroxyl groups is 1. The number of hydrogen-bond acceptors (Lipinski definition) is 8. The van der Waals surface area contributed by atoms with Crippen LogP contribution in [0.1, 0.15) is 143 Å². The molecular formula is C40H52O8. The molecule has 8 nitrogen and oxygen atoms in total. The summed E-state index contributed by atoms with van der Waals surface area (Å²) in [5, 5.41) is 12.3. The van der Waals surface area contributed by atoms with Crippen molar-refractivity contribution in [3.63, 3.8) is 0 Å². The lowest BCUT2D eigenvalue weighted by Gasteiger charge is -2.48. The molecule has 0 amide bonds. The van der Waals surface area contributed by atoms with Crippen LogP contribution in [-0.2, 0) is 19.2 Å². The number of carbonyl (C=O) groups is 5. The highest BCUT2D eigenvalue weighted by Crippen LogP contribution is 2.64. The Hall–Kier alpha value is -3.55. The van der Waals surface area contributed by atoms with E-state index in [1.54, 1.807) is 55.4 Å². The second-order valence-corrected chi connectivity index (χ2v) is 17.6. The van der Waals surface area contributed by atoms with Gasteiger partial charge < -0.3 is 14.6 Å². The molecule has 1 aromatic carbocycles. The number of carbonyl (C=O) groups excluding carboxylic acids is 5. The SMILES string of the molecule is CC(C)CC(=O)c1c(O)c2c(c3c1OC1=C(C(=O)C(C)(C)C(=O)C1(C)C)[C@@H]3CC(C)C)OC1=C(C(=O)C(C)(C)C(=O)C1(C)C)[C@@H]2C(C)C. The summed E-state index contributed by atoms with van der Waals surface area (Å²) in [5.41, 5.74) is -3.69. The van der Waals surface area contributed by atoms with Crippen LogP contribution in [0.5, 0.6) is 17.2 Å². The molecule has 260 valence electrons. The van der Waals surface area contributed by atoms with Crippen molar-refractivity contribution in [3.05, 3.63) is 39.4 Å². The quantitative estimate of drug-likeness (QED) is 0.239. The summed E-state index contributed by atoms with van der Waals surface area (Å²) in [4.78, 5) is 70.7. The maximum atomic E-state index is 14.4. The first-order chi connectivity index (χ1) is 21.8. The Morgan fingerprint density at radius 2 is 1.12 bits per heavy atom. The second kappa shape index (κ2) is 11.0. The summed E-state index contributed by atoms with van der Waals surface area (Å²) in [6, 6.07) is 0. The zero-order valence-corrected chi connectivity index (χ0v) is 31.1. The van der Waals surface area contributed by atoms with E-state index in [-0.39, 0.29) is 87.4 Å². The van der Waals surface area contributed by atoms with Gasteiger partial charge in [-0.2, -0.15) is 0 Å². The van der Waals surface area contributed by atoms with Crippen LogP contribution in [0.15, 0.2) is 22.7 Å². The number of ether oxygens (including phenoxy) is 2. The normalized spacial score (nSPS) is 25.1. The van der Waals surface area contributed by atoms with Gasteiger partial charge in [-0.25, -0.2) is 0 Å². The molecular weight excluding hydrogens is 608 g/mol. The predicted molar refractivity (Wildman–Crippen MR) is 182 cm³/mol. The Balaban J connectivity index is 1.98. The van der Waals surface area contributed by atoms with E-state index in [1.807, 2.05) is 41.5 Å². The molecule has 5 rings (SSSR count). The third-order valence-electron chi connectivity index (χ3n) is 10.9. The Morgan fingerprint density at radius 1 is 0.667 bits per heavy atom. The van der Waals surface area contributed by atoms with Crippen molar-refractivity contribution in [2.45, 2.75) is 122 Å². The summed E-state index contributed by atoms with van der Waals surface area (Å²) < 4.78 is 13.5. The van der Waals surface area contributed by atoms with E-state index in [2.05, 4.69) is 0 Å². The molecule has 4 aliphatic rings. The maximum Gasteiger partial charge on any atom is 0.175 e. The third-order valence-corrected chi connectivity index (χ3v) is 10.9. The summed E-state index contributed by atoms with van der Waals surface area (Å²) in [7, 11) is 0. The van der Waals surface area contributed by atoms with E-state index in [0.29, 0.717) is 28.7 Å². The van der Waals surface area contributed by atoms with Gasteiger partial charge >= 0.3 is 0 Å². The fourth-order valence-electron chi connectivity index (χ4n) is 8.64. The molecule has 1 aromatic rings. The van der Waals surface area contributed by atoms with Gasteiger partial charge in [0.05, 0.1) is 21.7 Å². The predicted octanol–water partition coefficient (Wildman–Crippen LogP) is 8.19. The van der Waals surface area contributed by atoms with Gasteiger partial charge in [0.15, 0.2) is 28.9 Å². The number of Topliss-reactive ketones (excluding diaryl/α,β-unsaturated/α-hetero) is 5. The van der Waals surface area contributed by atoms with Crippen molar-refractivity contribution >= 4 is 28.9 Å². The molecule has 0 saturated heterocycles. The molecule has 0 aromatic heterocycles. The summed E-state index contributed by atoms with van der Waals surface area (Å²) in [5.74, 6) is -2.92. The third kappa shape index (κ3) is 4.71. The Labute approximate surface area is 284 Å². The van der Waals surface area contributed by atoms with Gasteiger partial charge in [-0.3, -0.25) is 24.0 Å². The molecule has 0 spiro atoms. The first-order valence-electron chi connectivity index (χ1n) is 17.3. The Morgan fingerprint density at radius 3 is 1.58 bits per heavy atom. The van der Waals surface area contributed by atoms with Crippen LogP contribution in [-0.4, -0.2) is 34.0 Å². The van der Waals surface area contributed by atoms with E-state index >= 15 is 0 Å². The molecule has 2 heterocycles. The highest BCUT2D eigenvalue weighted by molar-refractivity contribution is 6.21. The molecule has 0 bridgehead atoms. The molecule has 0 fully saturated rings. The number of allylic oxidation sites excluding steroid dienone is 4. The zero-order chi connectivity index (χ0) is 36.4. The monoisotopic (exact) mass is 660 g/mol. The second-order valence-electron chi connectivity index (χ2n) is 17.6. The van der Waals surface area contributed by atoms with Crippen molar-refractivity contribution in [1.82, 2.24) is 0 Å². The van der Waals surface area contributed by atoms with Gasteiger partial charge in [0.2, 0.25) is 0 Å². The minimum absolute atomic E-state index is 0.0329. The minimum Gasteiger partial charge on any atom is -0.507 e. The average molecular weight is 661 g/mol. The van der Waals surface area contributed by atoms with Crippen molar-refractivity contribution in [3.8, 4) is 17.2 Å². The van der Waals surface area contributed by atoms with E-state index in [1.165, 1.54) is 0 Å². The number of fused-ring (bicyclic) bond motifs is 3. The lowest BCUT2D eigenvalue weighted by molar-refractivity contribution is -0.146. The van der Waals surface area contributed by atoms with Gasteiger partial charge in [0.25, 0.3) is 0 Å². The molecule has 8 heteroatoms. The minimum atomic E-state index is -1.34. The van der Waals surface area contributed by atoms with E-state index in [4.69, 9.17) is 9.47 Å². The van der Waals surface area contributed by atoms with Crippen LogP contribution in [0, 0.1) is 39.4 Å². The Kier molecular flexibility index (Phi) is 8.18. The standard InChI is InChI=1S/C40H52O8/c1-17(2)15-20-23-29(47-33-24(20)31(43)37(7,8)35(45)39(33,11)12)25(21(41)16-18(3)4)28(42)26-22(19(5)6)27-32(44)38(9,10)36(46)40(13,14)34(27)48-30(23)26/h17-20,22,42H,15-16H2,1-14H3/t20-,22-/m1/s1. The molecule has 48 heavy (non-hydrogen) atoms. The largest absolute Gasteiger partial charge is 0.507 e. The lowest BCUT2D eigenvalue weighted by Crippen LogP contribution is -2.52. The van der Waals surface area contributed by atoms with Crippen LogP contribution in [0.4, 0.5) is 0 Å². The lowest BCUT2D eigenvalue weighted by atomic mass is 9.58. The van der Waals surface area contributed by atoms with E-state index in [0.717, 1.165) is 0 Å². The van der Waals surface area contributed by atoms with E-state index < -0.39 is 33.5 Å². The van der Waals surface area contributed by atoms with Crippen LogP contribution in [0.25, 0.3) is 0 Å². The van der Waals surface area contributed by atoms with Gasteiger partial charge in [-0.15, -0.1) is 0 Å². The number of benzene rings is 1. The zero-order valence-electron chi connectivity index (χ0n) is 31.1. The van der Waals surface area contributed by atoms with E-state index in [9.17, 15) is 29.1 Å². The van der Waals surface area contributed by atoms with Crippen LogP contribution in [0.3, 0.4) is 0 Å². The Bertz CT molecular complexity index is 1750. The highest BCUT2D eigenvalue weighted by atomic mass is 16.5. The molecule has 2 atom stereocenters. The van der Waals surface area contributed by atoms with Crippen LogP contribution >= 0.6 is 0 Å². The molecule has 0 radical (unpaired) electrons. The van der Waals surface area contributed by atoms with Crippen LogP contribution in [0.2, 0.25) is 0 Å². The average Bonchev–Trinajstić information content (AvgIpc) is 2.96. The van der Waals surface area contributed by atoms with Gasteiger partial charge in [0.1, 0.15) is 34.3 Å². The van der Waals surface area contributed by atoms with Crippen LogP contribution < -0.4 is 9.47 Å². The van der Waals surface area contributed by atoms with Crippen molar-refractivity contribution < 1.29 is 38.6 Å². The fourth-order valence-corrected chi connectivity index (χ4v) is 8.64. The van der Waals surface area contributed by atoms with Gasteiger partial charge in [-0.1, -0.05) is 41.5 Å².